The lowest BCUT2D eigenvalue weighted by atomic mass is 10.1. The first-order chi connectivity index (χ1) is 13.9. The number of likely N-dealkylation sites (N-methyl/N-ethyl adjacent to an activating group) is 1. The van der Waals surface area contributed by atoms with Gasteiger partial charge in [0.2, 0.25) is 0 Å². The molecule has 0 saturated heterocycles. The van der Waals surface area contributed by atoms with E-state index < -0.39 is 12.1 Å². The van der Waals surface area contributed by atoms with Gasteiger partial charge in [0.1, 0.15) is 17.0 Å². The average molecular weight is 393 g/mol. The Bertz CT molecular complexity index is 995. The number of hydrogen-bond acceptors (Lipinski definition) is 5. The lowest BCUT2D eigenvalue weighted by Gasteiger charge is -2.17. The number of aromatic nitrogens is 2. The summed E-state index contributed by atoms with van der Waals surface area (Å²) in [5.74, 6) is -0.203. The molecule has 29 heavy (non-hydrogen) atoms. The van der Waals surface area contributed by atoms with Crippen LogP contribution in [0.1, 0.15) is 17.3 Å². The van der Waals surface area contributed by atoms with Crippen LogP contribution in [0.25, 0.3) is 16.9 Å². The summed E-state index contributed by atoms with van der Waals surface area (Å²) in [7, 11) is 4.82. The molecule has 0 N–H and O–H groups in total. The van der Waals surface area contributed by atoms with Crippen molar-refractivity contribution < 1.29 is 19.1 Å². The first kappa shape index (κ1) is 20.1. The summed E-state index contributed by atoms with van der Waals surface area (Å²) < 4.78 is 12.2. The van der Waals surface area contributed by atoms with Crippen LogP contribution >= 0.6 is 0 Å². The number of ether oxygens (including phenoxy) is 2. The molecular weight excluding hydrogens is 370 g/mol. The highest BCUT2D eigenvalue weighted by Gasteiger charge is 2.25. The zero-order chi connectivity index (χ0) is 21.0. The monoisotopic (exact) mass is 393 g/mol. The van der Waals surface area contributed by atoms with Crippen molar-refractivity contribution in [2.24, 2.45) is 0 Å². The molecule has 0 bridgehead atoms. The topological polar surface area (TPSA) is 73.7 Å². The molecule has 0 aliphatic rings. The molecular formula is C22H23N3O4. The molecule has 1 unspecified atom stereocenters. The van der Waals surface area contributed by atoms with E-state index in [-0.39, 0.29) is 11.5 Å². The standard InChI is InChI=1S/C22H23N3O4/c1-15(21(26)24(2)3)29-22(27)19-14-25(17-8-6-5-7-9-17)23-20(19)16-10-12-18(28-4)13-11-16/h5-15H,1-4H3. The van der Waals surface area contributed by atoms with Gasteiger partial charge in [-0.2, -0.15) is 5.10 Å². The minimum absolute atomic E-state index is 0.275. The summed E-state index contributed by atoms with van der Waals surface area (Å²) in [6.45, 7) is 1.55. The Hall–Kier alpha value is -3.61. The van der Waals surface area contributed by atoms with Crippen LogP contribution < -0.4 is 4.74 Å². The predicted octanol–water partition coefficient (Wildman–Crippen LogP) is 3.18. The minimum Gasteiger partial charge on any atom is -0.497 e. The Balaban J connectivity index is 2.00. The maximum atomic E-state index is 12.9. The van der Waals surface area contributed by atoms with Gasteiger partial charge in [-0.3, -0.25) is 4.79 Å². The van der Waals surface area contributed by atoms with Crippen molar-refractivity contribution in [1.29, 1.82) is 0 Å². The fraction of sp³-hybridized carbons (Fsp3) is 0.227. The Labute approximate surface area is 169 Å². The van der Waals surface area contributed by atoms with Crippen LogP contribution in [0.2, 0.25) is 0 Å². The second kappa shape index (κ2) is 8.60. The van der Waals surface area contributed by atoms with Crippen molar-refractivity contribution in [1.82, 2.24) is 14.7 Å². The molecule has 1 amide bonds. The van der Waals surface area contributed by atoms with Gasteiger partial charge in [-0.1, -0.05) is 18.2 Å². The predicted molar refractivity (Wildman–Crippen MR) is 109 cm³/mol. The maximum Gasteiger partial charge on any atom is 0.342 e. The number of para-hydroxylation sites is 1. The minimum atomic E-state index is -0.902. The third kappa shape index (κ3) is 4.45. The molecule has 150 valence electrons. The molecule has 0 spiro atoms. The summed E-state index contributed by atoms with van der Waals surface area (Å²) in [6, 6.07) is 16.7. The molecule has 0 aliphatic carbocycles. The molecule has 1 atom stereocenters. The first-order valence-corrected chi connectivity index (χ1v) is 9.12. The van der Waals surface area contributed by atoms with Gasteiger partial charge in [-0.15, -0.1) is 0 Å². The number of esters is 1. The number of nitrogens with zero attached hydrogens (tertiary/aromatic N) is 3. The van der Waals surface area contributed by atoms with Gasteiger partial charge in [-0.05, 0) is 43.3 Å². The van der Waals surface area contributed by atoms with E-state index in [9.17, 15) is 9.59 Å². The highest BCUT2D eigenvalue weighted by atomic mass is 16.5. The van der Waals surface area contributed by atoms with Crippen LogP contribution in [0.4, 0.5) is 0 Å². The van der Waals surface area contributed by atoms with Gasteiger partial charge in [0.25, 0.3) is 5.91 Å². The summed E-state index contributed by atoms with van der Waals surface area (Å²) in [5.41, 5.74) is 2.28. The lowest BCUT2D eigenvalue weighted by molar-refractivity contribution is -0.137. The molecule has 3 aromatic rings. The van der Waals surface area contributed by atoms with E-state index >= 15 is 0 Å². The van der Waals surface area contributed by atoms with E-state index in [2.05, 4.69) is 5.10 Å². The van der Waals surface area contributed by atoms with E-state index in [1.165, 1.54) is 4.90 Å². The third-order valence-corrected chi connectivity index (χ3v) is 4.39. The van der Waals surface area contributed by atoms with Crippen molar-refractivity contribution in [3.8, 4) is 22.7 Å². The Morgan fingerprint density at radius 3 is 2.28 bits per heavy atom. The average Bonchev–Trinajstić information content (AvgIpc) is 3.19. The molecule has 1 heterocycles. The highest BCUT2D eigenvalue weighted by Crippen LogP contribution is 2.26. The largest absolute Gasteiger partial charge is 0.497 e. The Morgan fingerprint density at radius 2 is 1.69 bits per heavy atom. The van der Waals surface area contributed by atoms with Crippen molar-refractivity contribution in [3.05, 3.63) is 66.4 Å². The second-order valence-electron chi connectivity index (χ2n) is 6.68. The lowest BCUT2D eigenvalue weighted by Crippen LogP contribution is -2.34. The van der Waals surface area contributed by atoms with Crippen LogP contribution in [0, 0.1) is 0 Å². The number of rotatable bonds is 6. The van der Waals surface area contributed by atoms with Gasteiger partial charge in [0.15, 0.2) is 6.10 Å². The molecule has 7 nitrogen and oxygen atoms in total. The number of carbonyl (C=O) groups is 2. The second-order valence-corrected chi connectivity index (χ2v) is 6.68. The highest BCUT2D eigenvalue weighted by molar-refractivity contribution is 5.97. The first-order valence-electron chi connectivity index (χ1n) is 9.12. The van der Waals surface area contributed by atoms with Gasteiger partial charge < -0.3 is 14.4 Å². The number of amides is 1. The van der Waals surface area contributed by atoms with Gasteiger partial charge in [0.05, 0.1) is 12.8 Å². The van der Waals surface area contributed by atoms with E-state index in [1.807, 2.05) is 42.5 Å². The fourth-order valence-corrected chi connectivity index (χ4v) is 2.84. The summed E-state index contributed by atoms with van der Waals surface area (Å²) in [5, 5.41) is 4.59. The van der Waals surface area contributed by atoms with Gasteiger partial charge >= 0.3 is 5.97 Å². The summed E-state index contributed by atoms with van der Waals surface area (Å²) in [4.78, 5) is 26.3. The quantitative estimate of drug-likeness (QED) is 0.602. The number of benzene rings is 2. The van der Waals surface area contributed by atoms with Crippen LogP contribution in [-0.2, 0) is 9.53 Å². The zero-order valence-electron chi connectivity index (χ0n) is 16.8. The maximum absolute atomic E-state index is 12.9. The number of methoxy groups -OCH3 is 1. The molecule has 2 aromatic carbocycles. The van der Waals surface area contributed by atoms with E-state index in [1.54, 1.807) is 51.1 Å². The molecule has 0 saturated carbocycles. The van der Waals surface area contributed by atoms with E-state index in [4.69, 9.17) is 9.47 Å². The smallest absolute Gasteiger partial charge is 0.342 e. The molecule has 7 heteroatoms. The SMILES string of the molecule is COc1ccc(-c2nn(-c3ccccc3)cc2C(=O)OC(C)C(=O)N(C)C)cc1. The molecule has 0 aliphatic heterocycles. The van der Waals surface area contributed by atoms with Gasteiger partial charge in [-0.25, -0.2) is 9.48 Å². The number of hydrogen-bond donors (Lipinski definition) is 0. The molecule has 0 radical (unpaired) electrons. The Morgan fingerprint density at radius 1 is 1.03 bits per heavy atom. The van der Waals surface area contributed by atoms with Crippen LogP contribution in [0.15, 0.2) is 60.8 Å². The van der Waals surface area contributed by atoms with Crippen molar-refractivity contribution in [2.45, 2.75) is 13.0 Å². The van der Waals surface area contributed by atoms with E-state index in [0.717, 1.165) is 11.3 Å². The zero-order valence-corrected chi connectivity index (χ0v) is 16.8. The third-order valence-electron chi connectivity index (χ3n) is 4.39. The van der Waals surface area contributed by atoms with Crippen LogP contribution in [0.5, 0.6) is 5.75 Å². The van der Waals surface area contributed by atoms with Crippen molar-refractivity contribution >= 4 is 11.9 Å². The van der Waals surface area contributed by atoms with Crippen molar-refractivity contribution in [3.63, 3.8) is 0 Å². The molecule has 3 rings (SSSR count). The Kier molecular flexibility index (Phi) is 5.97. The normalized spacial score (nSPS) is 11.6. The molecule has 0 fully saturated rings. The fourth-order valence-electron chi connectivity index (χ4n) is 2.84. The summed E-state index contributed by atoms with van der Waals surface area (Å²) in [6.07, 6.45) is 0.714. The van der Waals surface area contributed by atoms with Crippen LogP contribution in [-0.4, -0.2) is 53.9 Å². The number of carbonyl (C=O) groups excluding carboxylic acids is 2. The van der Waals surface area contributed by atoms with Crippen LogP contribution in [0.3, 0.4) is 0 Å². The van der Waals surface area contributed by atoms with E-state index in [0.29, 0.717) is 11.4 Å². The molecule has 1 aromatic heterocycles. The summed E-state index contributed by atoms with van der Waals surface area (Å²) >= 11 is 0. The van der Waals surface area contributed by atoms with Crippen molar-refractivity contribution in [2.75, 3.05) is 21.2 Å². The van der Waals surface area contributed by atoms with Gasteiger partial charge in [0, 0.05) is 25.9 Å².